The maximum absolute atomic E-state index is 13.0. The molecule has 1 aliphatic heterocycles. The van der Waals surface area contributed by atoms with Gasteiger partial charge in [-0.3, -0.25) is 4.79 Å². The fourth-order valence-corrected chi connectivity index (χ4v) is 3.92. The van der Waals surface area contributed by atoms with Crippen molar-refractivity contribution in [1.82, 2.24) is 10.2 Å². The van der Waals surface area contributed by atoms with Crippen LogP contribution in [0.4, 0.5) is 10.5 Å². The summed E-state index contributed by atoms with van der Waals surface area (Å²) >= 11 is 6.19. The molecule has 34 heavy (non-hydrogen) atoms. The van der Waals surface area contributed by atoms with E-state index < -0.39 is 0 Å². The molecule has 1 fully saturated rings. The van der Waals surface area contributed by atoms with Crippen molar-refractivity contribution in [2.45, 2.75) is 20.3 Å². The van der Waals surface area contributed by atoms with Gasteiger partial charge in [0.25, 0.3) is 5.91 Å². The SMILES string of the molecule is CCOC(=O)c1ccc(CCNC(=O)c2cc(Cl)ccc2N2CCN(C(=O)OCC)CC2)cc1. The Bertz CT molecular complexity index is 1000. The number of hydrogen-bond donors (Lipinski definition) is 1. The maximum Gasteiger partial charge on any atom is 0.409 e. The van der Waals surface area contributed by atoms with E-state index in [1.54, 1.807) is 43.0 Å². The highest BCUT2D eigenvalue weighted by molar-refractivity contribution is 6.31. The number of carbonyl (C=O) groups excluding carboxylic acids is 3. The second-order valence-electron chi connectivity index (χ2n) is 7.76. The highest BCUT2D eigenvalue weighted by atomic mass is 35.5. The van der Waals surface area contributed by atoms with Crippen LogP contribution in [0.3, 0.4) is 0 Å². The zero-order chi connectivity index (χ0) is 24.5. The van der Waals surface area contributed by atoms with Gasteiger partial charge in [-0.05, 0) is 56.2 Å². The number of halogens is 1. The molecule has 1 heterocycles. The second kappa shape index (κ2) is 12.3. The third-order valence-corrected chi connectivity index (χ3v) is 5.75. The fraction of sp³-hybridized carbons (Fsp3) is 0.400. The molecular formula is C25H30ClN3O5. The van der Waals surface area contributed by atoms with E-state index in [4.69, 9.17) is 21.1 Å². The molecule has 0 aliphatic carbocycles. The number of amides is 2. The molecule has 0 unspecified atom stereocenters. The zero-order valence-corrected chi connectivity index (χ0v) is 20.3. The first kappa shape index (κ1) is 25.4. The van der Waals surface area contributed by atoms with Gasteiger partial charge in [-0.2, -0.15) is 0 Å². The highest BCUT2D eigenvalue weighted by Crippen LogP contribution is 2.26. The molecule has 0 saturated carbocycles. The summed E-state index contributed by atoms with van der Waals surface area (Å²) in [6, 6.07) is 12.4. The summed E-state index contributed by atoms with van der Waals surface area (Å²) in [6.07, 6.45) is 0.301. The second-order valence-corrected chi connectivity index (χ2v) is 8.19. The number of carbonyl (C=O) groups is 3. The van der Waals surface area contributed by atoms with Gasteiger partial charge in [-0.25, -0.2) is 9.59 Å². The molecule has 1 N–H and O–H groups in total. The molecule has 2 aromatic carbocycles. The lowest BCUT2D eigenvalue weighted by Gasteiger charge is -2.36. The molecule has 3 rings (SSSR count). The number of hydrogen-bond acceptors (Lipinski definition) is 6. The van der Waals surface area contributed by atoms with Gasteiger partial charge in [-0.15, -0.1) is 0 Å². The van der Waals surface area contributed by atoms with E-state index in [-0.39, 0.29) is 18.0 Å². The molecular weight excluding hydrogens is 458 g/mol. The molecule has 0 spiro atoms. The number of ether oxygens (including phenoxy) is 2. The molecule has 0 bridgehead atoms. The van der Waals surface area contributed by atoms with E-state index >= 15 is 0 Å². The molecule has 2 aromatic rings. The number of esters is 1. The minimum absolute atomic E-state index is 0.214. The average Bonchev–Trinajstić information content (AvgIpc) is 2.85. The van der Waals surface area contributed by atoms with Gasteiger partial charge in [0.2, 0.25) is 0 Å². The summed E-state index contributed by atoms with van der Waals surface area (Å²) in [6.45, 7) is 6.88. The monoisotopic (exact) mass is 487 g/mol. The highest BCUT2D eigenvalue weighted by Gasteiger charge is 2.25. The molecule has 1 aliphatic rings. The van der Waals surface area contributed by atoms with Crippen molar-refractivity contribution in [1.29, 1.82) is 0 Å². The van der Waals surface area contributed by atoms with Crippen molar-refractivity contribution in [3.05, 3.63) is 64.2 Å². The molecule has 9 heteroatoms. The average molecular weight is 488 g/mol. The summed E-state index contributed by atoms with van der Waals surface area (Å²) in [5, 5.41) is 3.44. The summed E-state index contributed by atoms with van der Waals surface area (Å²) in [7, 11) is 0. The zero-order valence-electron chi connectivity index (χ0n) is 19.5. The van der Waals surface area contributed by atoms with E-state index in [0.717, 1.165) is 11.3 Å². The van der Waals surface area contributed by atoms with Crippen molar-refractivity contribution in [3.63, 3.8) is 0 Å². The number of nitrogens with one attached hydrogen (secondary N) is 1. The summed E-state index contributed by atoms with van der Waals surface area (Å²) in [4.78, 5) is 40.5. The lowest BCUT2D eigenvalue weighted by molar-refractivity contribution is 0.0526. The summed E-state index contributed by atoms with van der Waals surface area (Å²) in [5.74, 6) is -0.563. The third kappa shape index (κ3) is 6.63. The number of piperazine rings is 1. The smallest absolute Gasteiger partial charge is 0.409 e. The molecule has 0 aromatic heterocycles. The third-order valence-electron chi connectivity index (χ3n) is 5.51. The van der Waals surface area contributed by atoms with Crippen LogP contribution in [-0.4, -0.2) is 68.8 Å². The van der Waals surface area contributed by atoms with Crippen LogP contribution in [0.1, 0.15) is 40.1 Å². The fourth-order valence-electron chi connectivity index (χ4n) is 3.75. The van der Waals surface area contributed by atoms with Gasteiger partial charge in [0.05, 0.1) is 24.3 Å². The normalized spacial score (nSPS) is 13.4. The Kier molecular flexibility index (Phi) is 9.16. The first-order chi connectivity index (χ1) is 16.4. The van der Waals surface area contributed by atoms with Crippen LogP contribution >= 0.6 is 11.6 Å². The number of anilines is 1. The Balaban J connectivity index is 1.58. The topological polar surface area (TPSA) is 88.2 Å². The predicted octanol–water partition coefficient (Wildman–Crippen LogP) is 3.77. The van der Waals surface area contributed by atoms with Gasteiger partial charge in [0, 0.05) is 43.4 Å². The summed E-state index contributed by atoms with van der Waals surface area (Å²) in [5.41, 5.74) is 2.77. The Morgan fingerprint density at radius 2 is 1.62 bits per heavy atom. The minimum Gasteiger partial charge on any atom is -0.462 e. The van der Waals surface area contributed by atoms with Crippen LogP contribution in [0, 0.1) is 0 Å². The molecule has 182 valence electrons. The Morgan fingerprint density at radius 3 is 2.26 bits per heavy atom. The van der Waals surface area contributed by atoms with Gasteiger partial charge in [0.1, 0.15) is 0 Å². The van der Waals surface area contributed by atoms with Crippen molar-refractivity contribution in [2.24, 2.45) is 0 Å². The van der Waals surface area contributed by atoms with Crippen LogP contribution in [0.15, 0.2) is 42.5 Å². The maximum atomic E-state index is 13.0. The lowest BCUT2D eigenvalue weighted by atomic mass is 10.1. The Labute approximate surface area is 204 Å². The molecule has 8 nitrogen and oxygen atoms in total. The van der Waals surface area contributed by atoms with E-state index in [2.05, 4.69) is 10.2 Å². The van der Waals surface area contributed by atoms with Gasteiger partial charge >= 0.3 is 12.1 Å². The lowest BCUT2D eigenvalue weighted by Crippen LogP contribution is -2.49. The van der Waals surface area contributed by atoms with Crippen LogP contribution < -0.4 is 10.2 Å². The van der Waals surface area contributed by atoms with E-state index in [9.17, 15) is 14.4 Å². The molecule has 2 amide bonds. The number of rotatable bonds is 8. The first-order valence-electron chi connectivity index (χ1n) is 11.4. The van der Waals surface area contributed by atoms with Gasteiger partial charge < -0.3 is 24.6 Å². The quantitative estimate of drug-likeness (QED) is 0.570. The standard InChI is InChI=1S/C25H30ClN3O5/c1-3-33-24(31)19-7-5-18(6-8-19)11-12-27-23(30)21-17-20(26)9-10-22(21)28-13-15-29(16-14-28)25(32)34-4-2/h5-10,17H,3-4,11-16H2,1-2H3,(H,27,30). The van der Waals surface area contributed by atoms with Crippen LogP contribution in [0.5, 0.6) is 0 Å². The Morgan fingerprint density at radius 1 is 0.941 bits per heavy atom. The van der Waals surface area contributed by atoms with E-state index in [1.807, 2.05) is 18.2 Å². The van der Waals surface area contributed by atoms with Crippen LogP contribution in [0.2, 0.25) is 5.02 Å². The van der Waals surface area contributed by atoms with Crippen molar-refractivity contribution in [3.8, 4) is 0 Å². The largest absolute Gasteiger partial charge is 0.462 e. The van der Waals surface area contributed by atoms with Gasteiger partial charge in [-0.1, -0.05) is 23.7 Å². The van der Waals surface area contributed by atoms with Crippen LogP contribution in [0.25, 0.3) is 0 Å². The molecule has 0 atom stereocenters. The number of benzene rings is 2. The van der Waals surface area contributed by atoms with Gasteiger partial charge in [0.15, 0.2) is 0 Å². The Hall–Kier alpha value is -3.26. The minimum atomic E-state index is -0.348. The van der Waals surface area contributed by atoms with Crippen molar-refractivity contribution >= 4 is 35.3 Å². The predicted molar refractivity (Wildman–Crippen MR) is 131 cm³/mol. The molecule has 1 saturated heterocycles. The van der Waals surface area contributed by atoms with Crippen molar-refractivity contribution < 1.29 is 23.9 Å². The molecule has 0 radical (unpaired) electrons. The van der Waals surface area contributed by atoms with Crippen molar-refractivity contribution in [2.75, 3.05) is 50.8 Å². The van der Waals surface area contributed by atoms with Crippen LogP contribution in [-0.2, 0) is 15.9 Å². The summed E-state index contributed by atoms with van der Waals surface area (Å²) < 4.78 is 10.1. The number of nitrogens with zero attached hydrogens (tertiary/aromatic N) is 2. The van der Waals surface area contributed by atoms with E-state index in [1.165, 1.54) is 0 Å². The first-order valence-corrected chi connectivity index (χ1v) is 11.8. The van der Waals surface area contributed by atoms with E-state index in [0.29, 0.717) is 68.5 Å².